The summed E-state index contributed by atoms with van der Waals surface area (Å²) in [6.45, 7) is 15.9. The summed E-state index contributed by atoms with van der Waals surface area (Å²) in [5.74, 6) is 0. The molecule has 0 aromatic heterocycles. The summed E-state index contributed by atoms with van der Waals surface area (Å²) in [5.41, 5.74) is 0.386. The predicted molar refractivity (Wildman–Crippen MR) is 88.7 cm³/mol. The van der Waals surface area contributed by atoms with Gasteiger partial charge in [0.15, 0.2) is 0 Å². The highest BCUT2D eigenvalue weighted by atomic mass is 16.5. The first-order chi connectivity index (χ1) is 9.62. The van der Waals surface area contributed by atoms with Crippen molar-refractivity contribution in [3.8, 4) is 0 Å². The summed E-state index contributed by atoms with van der Waals surface area (Å²) in [7, 11) is 1.85. The maximum atomic E-state index is 5.73. The standard InChI is InChI=1S/C17H35N3O/c1-12(2)20-10-14(15(11-20)21-7)18-13-8-16(3,4)19-17(5,6)9-13/h12-15,18-19H,8-11H2,1-7H3/t14-,15-/m0/s1. The van der Waals surface area contributed by atoms with Crippen molar-refractivity contribution in [2.75, 3.05) is 20.2 Å². The van der Waals surface area contributed by atoms with E-state index in [4.69, 9.17) is 4.74 Å². The molecule has 21 heavy (non-hydrogen) atoms. The van der Waals surface area contributed by atoms with Gasteiger partial charge in [-0.1, -0.05) is 0 Å². The zero-order valence-electron chi connectivity index (χ0n) is 15.0. The van der Waals surface area contributed by atoms with E-state index in [9.17, 15) is 0 Å². The lowest BCUT2D eigenvalue weighted by Gasteiger charge is -2.47. The van der Waals surface area contributed by atoms with E-state index in [0.717, 1.165) is 13.1 Å². The second-order valence-electron chi connectivity index (χ2n) is 8.59. The Kier molecular flexibility index (Phi) is 5.04. The van der Waals surface area contributed by atoms with Crippen LogP contribution in [0, 0.1) is 0 Å². The molecular weight excluding hydrogens is 262 g/mol. The van der Waals surface area contributed by atoms with Gasteiger partial charge in [-0.15, -0.1) is 0 Å². The molecule has 0 saturated carbocycles. The molecule has 2 N–H and O–H groups in total. The fourth-order valence-corrected chi connectivity index (χ4v) is 4.37. The second-order valence-corrected chi connectivity index (χ2v) is 8.59. The van der Waals surface area contributed by atoms with Crippen LogP contribution in [-0.4, -0.2) is 60.4 Å². The van der Waals surface area contributed by atoms with Crippen LogP contribution in [0.4, 0.5) is 0 Å². The van der Waals surface area contributed by atoms with Crippen molar-refractivity contribution in [2.24, 2.45) is 0 Å². The minimum Gasteiger partial charge on any atom is -0.378 e. The van der Waals surface area contributed by atoms with Crippen molar-refractivity contribution in [3.63, 3.8) is 0 Å². The number of ether oxygens (including phenoxy) is 1. The first-order valence-corrected chi connectivity index (χ1v) is 8.44. The third-order valence-corrected chi connectivity index (χ3v) is 4.97. The summed E-state index contributed by atoms with van der Waals surface area (Å²) in [6, 6.07) is 1.61. The topological polar surface area (TPSA) is 36.5 Å². The fourth-order valence-electron chi connectivity index (χ4n) is 4.37. The van der Waals surface area contributed by atoms with Gasteiger partial charge in [0.1, 0.15) is 0 Å². The van der Waals surface area contributed by atoms with Gasteiger partial charge in [-0.3, -0.25) is 4.90 Å². The fraction of sp³-hybridized carbons (Fsp3) is 1.00. The molecule has 0 aromatic carbocycles. The number of hydrogen-bond acceptors (Lipinski definition) is 4. The van der Waals surface area contributed by atoms with Crippen LogP contribution in [-0.2, 0) is 4.74 Å². The van der Waals surface area contributed by atoms with Gasteiger partial charge in [-0.25, -0.2) is 0 Å². The second kappa shape index (κ2) is 6.15. The molecule has 2 atom stereocenters. The Morgan fingerprint density at radius 2 is 1.67 bits per heavy atom. The molecule has 0 aromatic rings. The van der Waals surface area contributed by atoms with E-state index in [1.54, 1.807) is 0 Å². The van der Waals surface area contributed by atoms with Crippen LogP contribution in [0.25, 0.3) is 0 Å². The number of rotatable bonds is 4. The first-order valence-electron chi connectivity index (χ1n) is 8.44. The average molecular weight is 297 g/mol. The minimum atomic E-state index is 0.193. The van der Waals surface area contributed by atoms with E-state index in [0.29, 0.717) is 24.2 Å². The quantitative estimate of drug-likeness (QED) is 0.832. The van der Waals surface area contributed by atoms with Crippen molar-refractivity contribution < 1.29 is 4.74 Å². The first kappa shape index (κ1) is 17.2. The number of likely N-dealkylation sites (tertiary alicyclic amines) is 1. The summed E-state index contributed by atoms with van der Waals surface area (Å²) < 4.78 is 5.73. The normalized spacial score (nSPS) is 33.7. The molecule has 0 radical (unpaired) electrons. The van der Waals surface area contributed by atoms with E-state index in [1.807, 2.05) is 7.11 Å². The van der Waals surface area contributed by atoms with E-state index >= 15 is 0 Å². The molecule has 2 aliphatic heterocycles. The van der Waals surface area contributed by atoms with Crippen molar-refractivity contribution in [3.05, 3.63) is 0 Å². The molecule has 0 unspecified atom stereocenters. The summed E-state index contributed by atoms with van der Waals surface area (Å²) in [6.07, 6.45) is 2.66. The Labute approximate surface area is 131 Å². The summed E-state index contributed by atoms with van der Waals surface area (Å²) in [4.78, 5) is 2.52. The van der Waals surface area contributed by atoms with Crippen LogP contribution in [0.15, 0.2) is 0 Å². The van der Waals surface area contributed by atoms with Gasteiger partial charge in [0.05, 0.1) is 6.10 Å². The molecule has 2 aliphatic rings. The Bertz CT molecular complexity index is 338. The lowest BCUT2D eigenvalue weighted by atomic mass is 9.79. The molecule has 2 rings (SSSR count). The van der Waals surface area contributed by atoms with Gasteiger partial charge >= 0.3 is 0 Å². The van der Waals surface area contributed by atoms with Gasteiger partial charge in [0.25, 0.3) is 0 Å². The molecule has 4 nitrogen and oxygen atoms in total. The van der Waals surface area contributed by atoms with Crippen molar-refractivity contribution in [1.29, 1.82) is 0 Å². The molecule has 2 saturated heterocycles. The lowest BCUT2D eigenvalue weighted by Crippen LogP contribution is -2.63. The number of nitrogens with one attached hydrogen (secondary N) is 2. The highest BCUT2D eigenvalue weighted by molar-refractivity contribution is 5.02. The SMILES string of the molecule is CO[C@H]1CN(C(C)C)C[C@@H]1NC1CC(C)(C)NC(C)(C)C1. The predicted octanol–water partition coefficient (Wildman–Crippen LogP) is 1.99. The van der Waals surface area contributed by atoms with Gasteiger partial charge in [0, 0.05) is 49.4 Å². The number of piperidine rings is 1. The van der Waals surface area contributed by atoms with Crippen LogP contribution < -0.4 is 10.6 Å². The van der Waals surface area contributed by atoms with Crippen molar-refractivity contribution >= 4 is 0 Å². The molecule has 2 heterocycles. The van der Waals surface area contributed by atoms with Crippen LogP contribution in [0.5, 0.6) is 0 Å². The Balaban J connectivity index is 2.00. The highest BCUT2D eigenvalue weighted by Gasteiger charge is 2.41. The largest absolute Gasteiger partial charge is 0.378 e. The van der Waals surface area contributed by atoms with Crippen molar-refractivity contribution in [1.82, 2.24) is 15.5 Å². The third kappa shape index (κ3) is 4.41. The van der Waals surface area contributed by atoms with Gasteiger partial charge in [-0.2, -0.15) is 0 Å². The molecule has 2 fully saturated rings. The van der Waals surface area contributed by atoms with Crippen LogP contribution in [0.1, 0.15) is 54.4 Å². The zero-order chi connectivity index (χ0) is 15.8. The smallest absolute Gasteiger partial charge is 0.0863 e. The highest BCUT2D eigenvalue weighted by Crippen LogP contribution is 2.29. The molecule has 0 aliphatic carbocycles. The molecule has 4 heteroatoms. The van der Waals surface area contributed by atoms with E-state index in [1.165, 1.54) is 12.8 Å². The average Bonchev–Trinajstić information content (AvgIpc) is 2.67. The van der Waals surface area contributed by atoms with Crippen LogP contribution in [0.2, 0.25) is 0 Å². The Morgan fingerprint density at radius 3 is 2.14 bits per heavy atom. The van der Waals surface area contributed by atoms with Gasteiger partial charge in [0.2, 0.25) is 0 Å². The number of hydrogen-bond donors (Lipinski definition) is 2. The number of nitrogens with zero attached hydrogens (tertiary/aromatic N) is 1. The zero-order valence-corrected chi connectivity index (χ0v) is 15.0. The van der Waals surface area contributed by atoms with Gasteiger partial charge < -0.3 is 15.4 Å². The number of methoxy groups -OCH3 is 1. The Hall–Kier alpha value is -0.160. The molecule has 0 bridgehead atoms. The maximum absolute atomic E-state index is 5.73. The van der Waals surface area contributed by atoms with Gasteiger partial charge in [-0.05, 0) is 54.4 Å². The molecule has 124 valence electrons. The molecule has 0 spiro atoms. The molecular formula is C17H35N3O. The Morgan fingerprint density at radius 1 is 1.10 bits per heavy atom. The van der Waals surface area contributed by atoms with Crippen LogP contribution in [0.3, 0.4) is 0 Å². The monoisotopic (exact) mass is 297 g/mol. The molecule has 0 amide bonds. The van der Waals surface area contributed by atoms with E-state index in [2.05, 4.69) is 57.1 Å². The van der Waals surface area contributed by atoms with Crippen LogP contribution >= 0.6 is 0 Å². The minimum absolute atomic E-state index is 0.193. The van der Waals surface area contributed by atoms with E-state index < -0.39 is 0 Å². The summed E-state index contributed by atoms with van der Waals surface area (Å²) in [5, 5.41) is 7.67. The third-order valence-electron chi connectivity index (χ3n) is 4.97. The lowest BCUT2D eigenvalue weighted by molar-refractivity contribution is 0.0732. The van der Waals surface area contributed by atoms with Crippen molar-refractivity contribution in [2.45, 2.75) is 89.7 Å². The van der Waals surface area contributed by atoms with E-state index in [-0.39, 0.29) is 11.1 Å². The maximum Gasteiger partial charge on any atom is 0.0863 e. The summed E-state index contributed by atoms with van der Waals surface area (Å²) >= 11 is 0.